The quantitative estimate of drug-likeness (QED) is 0.0261. The molecule has 12 heterocycles. The molecule has 148 heavy (non-hydrogen) atoms. The van der Waals surface area contributed by atoms with Crippen molar-refractivity contribution in [2.45, 2.75) is 134 Å². The average Bonchev–Trinajstić information content (AvgIpc) is 1.62. The summed E-state index contributed by atoms with van der Waals surface area (Å²) in [5.41, 5.74) is 40.2. The summed E-state index contributed by atoms with van der Waals surface area (Å²) in [6, 6.07) is 57.2. The van der Waals surface area contributed by atoms with Gasteiger partial charge in [-0.05, 0) is 160 Å². The molecule has 8 aromatic carbocycles. The number of anilines is 4. The van der Waals surface area contributed by atoms with Gasteiger partial charge in [0.1, 0.15) is 88.8 Å². The molecule has 8 N–H and O–H groups in total. The molecule has 4 aliphatic rings. The number of piperidine rings is 4. The molecule has 0 radical (unpaired) electrons. The first kappa shape index (κ1) is 102. The minimum Gasteiger partial charge on any atom is -0.383 e. The molecule has 4 aliphatic heterocycles. The molecular formula is C113H111F3N24O8. The van der Waals surface area contributed by atoms with Crippen molar-refractivity contribution in [2.75, 3.05) is 75.3 Å². The van der Waals surface area contributed by atoms with Crippen LogP contribution in [0.4, 0.5) is 36.4 Å². The lowest BCUT2D eigenvalue weighted by Gasteiger charge is -2.32. The SMILES string of the molecule is C=CC(=O)N1CCCC(n2nc(-c3ccc(CCC(=O)c4ccc(F)cc4F)cc3)c3c(N)ncnc32)C1.C=CC(=O)N1CCCC(n2nc(-c3ccc(CCC(=O)c4ccccc4)cc3)c3c(N)ncnc32)C1.C=CC(=O)N1CCCC(n2nc(-c3ccc(CCC(=O)c4ccccc4C)cc3)c3c(N)ncnc32)C1.C=CC(=O)N1CCCC(n2nc(-c3ccc(CCC(=O)c4ccccc4F)cc3)c3c(N)ncnc32)C1. The van der Waals surface area contributed by atoms with Gasteiger partial charge in [0.15, 0.2) is 45.7 Å². The number of benzene rings is 8. The normalized spacial score (nSPS) is 15.6. The van der Waals surface area contributed by atoms with E-state index < -0.39 is 23.2 Å². The van der Waals surface area contributed by atoms with Crippen molar-refractivity contribution in [2.24, 2.45) is 0 Å². The smallest absolute Gasteiger partial charge is 0.246 e. The van der Waals surface area contributed by atoms with Crippen molar-refractivity contribution in [1.82, 2.24) is 98.6 Å². The van der Waals surface area contributed by atoms with Gasteiger partial charge in [0.2, 0.25) is 23.6 Å². The zero-order chi connectivity index (χ0) is 104. The largest absolute Gasteiger partial charge is 0.383 e. The second kappa shape index (κ2) is 46.5. The fourth-order valence-electron chi connectivity index (χ4n) is 19.6. The minimum atomic E-state index is -0.859. The molecule has 4 atom stereocenters. The molecule has 16 aromatic rings. The van der Waals surface area contributed by atoms with Gasteiger partial charge in [-0.3, -0.25) is 38.4 Å². The first-order valence-corrected chi connectivity index (χ1v) is 49.2. The van der Waals surface area contributed by atoms with Gasteiger partial charge in [0, 0.05) is 117 Å². The van der Waals surface area contributed by atoms with Crippen LogP contribution in [0.25, 0.3) is 89.2 Å². The van der Waals surface area contributed by atoms with Gasteiger partial charge in [-0.15, -0.1) is 0 Å². The lowest BCUT2D eigenvalue weighted by atomic mass is 9.98. The number of rotatable bonds is 28. The summed E-state index contributed by atoms with van der Waals surface area (Å²) < 4.78 is 48.4. The summed E-state index contributed by atoms with van der Waals surface area (Å²) in [6.45, 7) is 21.2. The van der Waals surface area contributed by atoms with Gasteiger partial charge >= 0.3 is 0 Å². The zero-order valence-electron chi connectivity index (χ0n) is 81.9. The third-order valence-corrected chi connectivity index (χ3v) is 27.4. The topological polar surface area (TPSA) is 428 Å². The van der Waals surface area contributed by atoms with Crippen LogP contribution in [-0.4, -0.2) is 198 Å². The second-order valence-electron chi connectivity index (χ2n) is 36.9. The van der Waals surface area contributed by atoms with E-state index in [1.54, 1.807) is 31.7 Å². The highest BCUT2D eigenvalue weighted by Crippen LogP contribution is 2.41. The van der Waals surface area contributed by atoms with Gasteiger partial charge in [0.05, 0.1) is 56.8 Å². The number of hydrogen-bond donors (Lipinski definition) is 4. The number of carbonyl (C=O) groups is 8. The van der Waals surface area contributed by atoms with Crippen LogP contribution in [0, 0.1) is 24.4 Å². The van der Waals surface area contributed by atoms with E-state index in [-0.39, 0.29) is 89.1 Å². The highest BCUT2D eigenvalue weighted by molar-refractivity contribution is 6.04. The Morgan fingerprint density at radius 3 is 0.899 bits per heavy atom. The van der Waals surface area contributed by atoms with Crippen LogP contribution in [-0.2, 0) is 44.9 Å². The number of hydrogen-bond acceptors (Lipinski definition) is 24. The Hall–Kier alpha value is -17.5. The number of nitrogens with zero attached hydrogens (tertiary/aromatic N) is 20. The minimum absolute atomic E-state index is 0.0172. The summed E-state index contributed by atoms with van der Waals surface area (Å²) in [5, 5.41) is 22.3. The van der Waals surface area contributed by atoms with Gasteiger partial charge in [0.25, 0.3) is 0 Å². The maximum absolute atomic E-state index is 13.9. The number of fused-ring (bicyclic) bond motifs is 4. The molecule has 752 valence electrons. The van der Waals surface area contributed by atoms with Crippen molar-refractivity contribution >= 4 is 114 Å². The molecular weight excluding hydrogens is 1880 g/mol. The number of carbonyl (C=O) groups excluding carboxylic acids is 8. The van der Waals surface area contributed by atoms with Crippen molar-refractivity contribution in [3.8, 4) is 45.0 Å². The molecule has 0 spiro atoms. The Morgan fingerprint density at radius 2 is 0.601 bits per heavy atom. The molecule has 8 aromatic heterocycles. The number of nitrogen functional groups attached to an aromatic ring is 4. The fraction of sp³-hybridized carbons (Fsp3) is 0.257. The predicted octanol–water partition coefficient (Wildman–Crippen LogP) is 17.7. The lowest BCUT2D eigenvalue weighted by Crippen LogP contribution is -2.40. The number of halogens is 3. The van der Waals surface area contributed by atoms with Crippen molar-refractivity contribution in [3.63, 3.8) is 0 Å². The molecule has 20 rings (SSSR count). The molecule has 0 bridgehead atoms. The third-order valence-electron chi connectivity index (χ3n) is 27.4. The number of amides is 4. The lowest BCUT2D eigenvalue weighted by molar-refractivity contribution is -0.128. The van der Waals surface area contributed by atoms with Crippen LogP contribution in [0.3, 0.4) is 0 Å². The standard InChI is InChI=1S/C29H30N6O2.C28H26F2N6O2.C28H27FN6O2.C28H28N6O2/c1-3-25(37)34-16-6-8-22(17-34)35-29-26(28(30)31-18-32-29)27(33-35)21-13-10-20(11-14-21)12-15-24(36)23-9-5-4-7-19(23)2;1-2-24(38)35-13-3-4-20(15-35)36-28-25(27(31)32-16-33-28)26(34-36)18-8-5-17(6-9-18)7-12-23(37)21-11-10-19(29)14-22(21)30;1-2-24(37)34-15-5-6-20(16-34)35-28-25(27(30)31-17-32-28)26(33-35)19-12-9-18(10-13-19)11-14-23(36)21-7-3-4-8-22(21)29;1-2-24(36)33-16-6-9-22(17-33)34-28-25(27(29)30-18-31-28)26(32-34)21-13-10-19(11-14-21)12-15-23(35)20-7-4-3-5-8-20/h3-5,7,9-11,13-14,18,22H,1,6,8,12,15-17H2,2H3,(H2,30,31,32);2,5-6,8-11,14,16,20H,1,3-4,7,12-13,15H2,(H2,31,32,33);2-4,7-10,12-13,17,20H,1,5-6,11,14-16H2,(H2,30,31,32);2-5,7-8,10-11,13-14,18,22H,1,6,9,12,15-17H2,(H2,29,30,31). The second-order valence-corrected chi connectivity index (χ2v) is 36.9. The molecule has 0 aliphatic carbocycles. The monoisotopic (exact) mass is 1990 g/mol. The Bertz CT molecular complexity index is 7480. The summed E-state index contributed by atoms with van der Waals surface area (Å²) in [5.74, 6) is -1.41. The molecule has 0 saturated carbocycles. The van der Waals surface area contributed by atoms with Crippen molar-refractivity contribution in [3.05, 3.63) is 338 Å². The van der Waals surface area contributed by atoms with E-state index in [4.69, 9.17) is 43.3 Å². The third kappa shape index (κ3) is 23.0. The maximum atomic E-state index is 13.9. The van der Waals surface area contributed by atoms with E-state index in [9.17, 15) is 51.5 Å². The maximum Gasteiger partial charge on any atom is 0.246 e. The van der Waals surface area contributed by atoms with E-state index in [0.717, 1.165) is 119 Å². The fourth-order valence-corrected chi connectivity index (χ4v) is 19.6. The van der Waals surface area contributed by atoms with Crippen molar-refractivity contribution < 1.29 is 51.5 Å². The first-order chi connectivity index (χ1) is 71.8. The highest BCUT2D eigenvalue weighted by Gasteiger charge is 2.35. The molecule has 32 nitrogen and oxygen atoms in total. The molecule has 4 fully saturated rings. The summed E-state index contributed by atoms with van der Waals surface area (Å²) in [6.07, 6.45) is 21.3. The first-order valence-electron chi connectivity index (χ1n) is 49.2. The number of likely N-dealkylation sites (tertiary alicyclic amines) is 4. The number of nitrogens with two attached hydrogens (primary N) is 4. The predicted molar refractivity (Wildman–Crippen MR) is 562 cm³/mol. The van der Waals surface area contributed by atoms with Crippen molar-refractivity contribution in [1.29, 1.82) is 0 Å². The van der Waals surface area contributed by atoms with Crippen LogP contribution >= 0.6 is 0 Å². The van der Waals surface area contributed by atoms with Gasteiger partial charge in [-0.25, -0.2) is 71.8 Å². The summed E-state index contributed by atoms with van der Waals surface area (Å²) in [4.78, 5) is 141. The Balaban J connectivity index is 0.000000135. The van der Waals surface area contributed by atoms with Crippen LogP contribution in [0.15, 0.2) is 270 Å². The number of Topliss-reactive ketones (excluding diaryl/α,β-unsaturated/α-hetero) is 4. The molecule has 4 amide bonds. The van der Waals surface area contributed by atoms with E-state index >= 15 is 0 Å². The molecule has 35 heteroatoms. The van der Waals surface area contributed by atoms with Gasteiger partial charge in [-0.2, -0.15) is 20.4 Å². The van der Waals surface area contributed by atoms with Crippen LogP contribution < -0.4 is 22.9 Å². The van der Waals surface area contributed by atoms with Crippen LogP contribution in [0.1, 0.15) is 170 Å². The summed E-state index contributed by atoms with van der Waals surface area (Å²) >= 11 is 0. The Morgan fingerprint density at radius 1 is 0.324 bits per heavy atom. The van der Waals surface area contributed by atoms with E-state index in [1.807, 2.05) is 177 Å². The summed E-state index contributed by atoms with van der Waals surface area (Å²) in [7, 11) is 0. The van der Waals surface area contributed by atoms with Crippen LogP contribution in [0.2, 0.25) is 0 Å². The number of aryl methyl sites for hydroxylation is 5. The van der Waals surface area contributed by atoms with E-state index in [0.29, 0.717) is 187 Å². The van der Waals surface area contributed by atoms with Gasteiger partial charge in [-0.1, -0.05) is 190 Å². The average molecular weight is 1990 g/mol. The van der Waals surface area contributed by atoms with Gasteiger partial charge < -0.3 is 42.5 Å². The Kier molecular flexibility index (Phi) is 32.0. The van der Waals surface area contributed by atoms with Crippen LogP contribution in [0.5, 0.6) is 0 Å². The Labute approximate surface area is 851 Å². The number of ketones is 4. The zero-order valence-corrected chi connectivity index (χ0v) is 81.9. The molecule has 4 unspecified atom stereocenters. The van der Waals surface area contributed by atoms with E-state index in [1.165, 1.54) is 67.8 Å². The van der Waals surface area contributed by atoms with E-state index in [2.05, 4.69) is 66.2 Å². The highest BCUT2D eigenvalue weighted by atomic mass is 19.1. The number of aromatic nitrogens is 16. The molecule has 4 saturated heterocycles.